The van der Waals surface area contributed by atoms with Crippen LogP contribution in [0.1, 0.15) is 37.7 Å². The number of carbonyl (C=O) groups is 1. The van der Waals surface area contributed by atoms with Crippen molar-refractivity contribution in [3.8, 4) is 0 Å². The van der Waals surface area contributed by atoms with Gasteiger partial charge in [0.2, 0.25) is 15.9 Å². The largest absolute Gasteiger partial charge is 0.357 e. The van der Waals surface area contributed by atoms with Gasteiger partial charge in [-0.25, -0.2) is 13.4 Å². The van der Waals surface area contributed by atoms with Gasteiger partial charge in [0.25, 0.3) is 0 Å². The lowest BCUT2D eigenvalue weighted by Crippen LogP contribution is -2.40. The third-order valence-corrected chi connectivity index (χ3v) is 7.68. The van der Waals surface area contributed by atoms with Gasteiger partial charge in [-0.3, -0.25) is 4.79 Å². The summed E-state index contributed by atoms with van der Waals surface area (Å²) in [4.78, 5) is 19.5. The molecular formula is C24H30N4O3S. The number of nitrogens with zero attached hydrogens (tertiary/aromatic N) is 3. The summed E-state index contributed by atoms with van der Waals surface area (Å²) >= 11 is 0. The van der Waals surface area contributed by atoms with E-state index in [0.29, 0.717) is 31.6 Å². The number of amides is 1. The lowest BCUT2D eigenvalue weighted by Gasteiger charge is -2.29. The highest BCUT2D eigenvalue weighted by molar-refractivity contribution is 7.92. The molecule has 3 heterocycles. The van der Waals surface area contributed by atoms with E-state index < -0.39 is 10.0 Å². The number of rotatable bonds is 6. The fraction of sp³-hybridized carbons (Fsp3) is 0.417. The number of pyridine rings is 1. The molecule has 8 heteroatoms. The van der Waals surface area contributed by atoms with Gasteiger partial charge in [0.15, 0.2) is 0 Å². The zero-order valence-electron chi connectivity index (χ0n) is 18.2. The van der Waals surface area contributed by atoms with Crippen molar-refractivity contribution < 1.29 is 13.2 Å². The van der Waals surface area contributed by atoms with Crippen LogP contribution in [0.15, 0.2) is 54.1 Å². The molecule has 2 fully saturated rings. The quantitative estimate of drug-likeness (QED) is 0.719. The fourth-order valence-electron chi connectivity index (χ4n) is 4.20. The maximum absolute atomic E-state index is 12.7. The summed E-state index contributed by atoms with van der Waals surface area (Å²) in [6.07, 6.45) is 7.97. The molecule has 0 unspecified atom stereocenters. The zero-order chi connectivity index (χ0) is 22.4. The molecule has 2 aliphatic heterocycles. The summed E-state index contributed by atoms with van der Waals surface area (Å²) < 4.78 is 26.7. The molecule has 0 atom stereocenters. The third kappa shape index (κ3) is 5.75. The standard InChI is InChI=1S/C24H30N4O3S/c29-24(26-22-9-10-23(25-19-22)27-14-5-2-6-15-27)21-11-16-28(17-12-21)32(30,31)18-13-20-7-3-1-4-8-20/h1,3-4,7-10,13,18-19,21H,2,5-6,11-12,14-17H2,(H,26,29)/b18-13+. The number of sulfonamides is 1. The number of nitrogens with one attached hydrogen (secondary N) is 1. The Bertz CT molecular complexity index is 1020. The van der Waals surface area contributed by atoms with Crippen LogP contribution >= 0.6 is 0 Å². The van der Waals surface area contributed by atoms with E-state index in [-0.39, 0.29) is 11.8 Å². The number of benzene rings is 1. The topological polar surface area (TPSA) is 82.6 Å². The number of carbonyl (C=O) groups excluding carboxylic acids is 1. The molecule has 0 radical (unpaired) electrons. The number of anilines is 2. The number of aromatic nitrogens is 1. The molecule has 1 aromatic carbocycles. The van der Waals surface area contributed by atoms with Gasteiger partial charge in [-0.15, -0.1) is 0 Å². The van der Waals surface area contributed by atoms with Gasteiger partial charge in [-0.2, -0.15) is 4.31 Å². The molecule has 170 valence electrons. The van der Waals surface area contributed by atoms with Gasteiger partial charge in [-0.05, 0) is 55.9 Å². The molecule has 4 rings (SSSR count). The van der Waals surface area contributed by atoms with E-state index in [1.54, 1.807) is 12.3 Å². The van der Waals surface area contributed by atoms with E-state index >= 15 is 0 Å². The average molecular weight is 455 g/mol. The smallest absolute Gasteiger partial charge is 0.236 e. The summed E-state index contributed by atoms with van der Waals surface area (Å²) in [6, 6.07) is 13.2. The van der Waals surface area contributed by atoms with E-state index in [1.807, 2.05) is 42.5 Å². The van der Waals surface area contributed by atoms with Crippen LogP contribution in [0.2, 0.25) is 0 Å². The van der Waals surface area contributed by atoms with Crippen molar-refractivity contribution in [2.45, 2.75) is 32.1 Å². The minimum Gasteiger partial charge on any atom is -0.357 e. The summed E-state index contributed by atoms with van der Waals surface area (Å²) in [7, 11) is -3.50. The Kier molecular flexibility index (Phi) is 7.22. The third-order valence-electron chi connectivity index (χ3n) is 6.11. The SMILES string of the molecule is O=C(Nc1ccc(N2CCCCC2)nc1)C1CCN(S(=O)(=O)/C=C/c2ccccc2)CC1. The molecular weight excluding hydrogens is 424 g/mol. The van der Waals surface area contributed by atoms with Gasteiger partial charge in [0.1, 0.15) is 5.82 Å². The molecule has 2 aromatic rings. The first-order chi connectivity index (χ1) is 15.5. The van der Waals surface area contributed by atoms with Gasteiger partial charge in [-0.1, -0.05) is 30.3 Å². The van der Waals surface area contributed by atoms with Crippen molar-refractivity contribution in [1.29, 1.82) is 0 Å². The van der Waals surface area contributed by atoms with Crippen molar-refractivity contribution in [2.24, 2.45) is 5.92 Å². The highest BCUT2D eigenvalue weighted by Crippen LogP contribution is 2.23. The van der Waals surface area contributed by atoms with Gasteiger partial charge in [0, 0.05) is 37.5 Å². The zero-order valence-corrected chi connectivity index (χ0v) is 19.0. The second kappa shape index (κ2) is 10.3. The van der Waals surface area contributed by atoms with Crippen LogP contribution in [0.4, 0.5) is 11.5 Å². The molecule has 32 heavy (non-hydrogen) atoms. The first-order valence-corrected chi connectivity index (χ1v) is 12.8. The maximum Gasteiger partial charge on any atom is 0.236 e. The van der Waals surface area contributed by atoms with Crippen molar-refractivity contribution in [2.75, 3.05) is 36.4 Å². The minimum atomic E-state index is -3.50. The maximum atomic E-state index is 12.7. The minimum absolute atomic E-state index is 0.0746. The van der Waals surface area contributed by atoms with Crippen LogP contribution in [0, 0.1) is 5.92 Å². The molecule has 7 nitrogen and oxygen atoms in total. The summed E-state index contributed by atoms with van der Waals surface area (Å²) in [5.74, 6) is 0.667. The van der Waals surface area contributed by atoms with E-state index in [0.717, 1.165) is 24.5 Å². The number of hydrogen-bond donors (Lipinski definition) is 1. The number of hydrogen-bond acceptors (Lipinski definition) is 5. The molecule has 2 aliphatic rings. The normalized spacial score (nSPS) is 18.7. The lowest BCUT2D eigenvalue weighted by molar-refractivity contribution is -0.120. The van der Waals surface area contributed by atoms with E-state index in [9.17, 15) is 13.2 Å². The highest BCUT2D eigenvalue weighted by Gasteiger charge is 2.30. The molecule has 1 amide bonds. The molecule has 0 spiro atoms. The Hall–Kier alpha value is -2.71. The van der Waals surface area contributed by atoms with E-state index in [2.05, 4.69) is 15.2 Å². The van der Waals surface area contributed by atoms with Crippen LogP contribution in [0.25, 0.3) is 6.08 Å². The molecule has 2 saturated heterocycles. The molecule has 0 bridgehead atoms. The molecule has 0 saturated carbocycles. The first-order valence-electron chi connectivity index (χ1n) is 11.3. The van der Waals surface area contributed by atoms with E-state index in [4.69, 9.17) is 0 Å². The Balaban J connectivity index is 1.28. The van der Waals surface area contributed by atoms with Crippen LogP contribution in [0.3, 0.4) is 0 Å². The Labute approximate surface area is 190 Å². The molecule has 1 N–H and O–H groups in total. The van der Waals surface area contributed by atoms with E-state index in [1.165, 1.54) is 29.0 Å². The summed E-state index contributed by atoms with van der Waals surface area (Å²) in [6.45, 7) is 2.73. The van der Waals surface area contributed by atoms with Crippen molar-refractivity contribution in [3.63, 3.8) is 0 Å². The van der Waals surface area contributed by atoms with Gasteiger partial charge < -0.3 is 10.2 Å². The van der Waals surface area contributed by atoms with Crippen LogP contribution < -0.4 is 10.2 Å². The number of piperidine rings is 2. The Morgan fingerprint density at radius 3 is 2.34 bits per heavy atom. The van der Waals surface area contributed by atoms with Crippen molar-refractivity contribution in [3.05, 3.63) is 59.6 Å². The second-order valence-electron chi connectivity index (χ2n) is 8.37. The Morgan fingerprint density at radius 1 is 0.969 bits per heavy atom. The highest BCUT2D eigenvalue weighted by atomic mass is 32.2. The van der Waals surface area contributed by atoms with Crippen molar-refractivity contribution >= 4 is 33.5 Å². The first kappa shape index (κ1) is 22.5. The van der Waals surface area contributed by atoms with Gasteiger partial charge >= 0.3 is 0 Å². The Morgan fingerprint density at radius 2 is 1.69 bits per heavy atom. The molecule has 0 aliphatic carbocycles. The monoisotopic (exact) mass is 454 g/mol. The summed E-state index contributed by atoms with van der Waals surface area (Å²) in [5.41, 5.74) is 1.52. The summed E-state index contributed by atoms with van der Waals surface area (Å²) in [5, 5.41) is 4.19. The molecule has 1 aromatic heterocycles. The van der Waals surface area contributed by atoms with Crippen LogP contribution in [-0.4, -0.2) is 49.8 Å². The second-order valence-corrected chi connectivity index (χ2v) is 10.2. The van der Waals surface area contributed by atoms with Crippen molar-refractivity contribution in [1.82, 2.24) is 9.29 Å². The van der Waals surface area contributed by atoms with Gasteiger partial charge in [0.05, 0.1) is 11.9 Å². The predicted octanol–water partition coefficient (Wildman–Crippen LogP) is 3.72. The van der Waals surface area contributed by atoms with Crippen LogP contribution in [0.5, 0.6) is 0 Å². The van der Waals surface area contributed by atoms with Crippen LogP contribution in [-0.2, 0) is 14.8 Å². The fourth-order valence-corrected chi connectivity index (χ4v) is 5.42. The lowest BCUT2D eigenvalue weighted by atomic mass is 9.97. The predicted molar refractivity (Wildman–Crippen MR) is 128 cm³/mol. The average Bonchev–Trinajstić information content (AvgIpc) is 2.84.